The van der Waals surface area contributed by atoms with Gasteiger partial charge in [-0.05, 0) is 18.4 Å². The van der Waals surface area contributed by atoms with Crippen molar-refractivity contribution in [1.82, 2.24) is 9.97 Å². The summed E-state index contributed by atoms with van der Waals surface area (Å²) in [6.07, 6.45) is 10.2. The van der Waals surface area contributed by atoms with Crippen molar-refractivity contribution in [3.63, 3.8) is 0 Å². The van der Waals surface area contributed by atoms with Crippen LogP contribution in [-0.4, -0.2) is 16.0 Å². The normalized spacial score (nSPS) is 28.7. The first-order valence-corrected chi connectivity index (χ1v) is 4.88. The van der Waals surface area contributed by atoms with Gasteiger partial charge in [0.05, 0.1) is 0 Å². The van der Waals surface area contributed by atoms with Crippen LogP contribution in [0.1, 0.15) is 37.2 Å². The molecule has 0 spiro atoms. The van der Waals surface area contributed by atoms with Gasteiger partial charge < -0.3 is 5.73 Å². The summed E-state index contributed by atoms with van der Waals surface area (Å²) in [5.74, 6) is 0.481. The van der Waals surface area contributed by atoms with Gasteiger partial charge in [0, 0.05) is 24.4 Å². The molecule has 3 nitrogen and oxygen atoms in total. The summed E-state index contributed by atoms with van der Waals surface area (Å²) in [5, 5.41) is 0. The Bertz CT molecular complexity index is 260. The molecule has 2 N–H and O–H groups in total. The van der Waals surface area contributed by atoms with E-state index in [1.54, 1.807) is 6.33 Å². The van der Waals surface area contributed by atoms with Crippen molar-refractivity contribution in [3.8, 4) is 0 Å². The second kappa shape index (κ2) is 3.83. The number of nitrogens with zero attached hydrogens (tertiary/aromatic N) is 2. The molecule has 1 heterocycles. The van der Waals surface area contributed by atoms with E-state index in [9.17, 15) is 0 Å². The zero-order valence-corrected chi connectivity index (χ0v) is 7.69. The minimum Gasteiger partial charge on any atom is -0.327 e. The quantitative estimate of drug-likeness (QED) is 0.706. The Hall–Kier alpha value is -0.960. The van der Waals surface area contributed by atoms with Gasteiger partial charge in [0.25, 0.3) is 0 Å². The molecule has 1 saturated carbocycles. The van der Waals surface area contributed by atoms with Crippen LogP contribution < -0.4 is 5.73 Å². The average Bonchev–Trinajstić information content (AvgIpc) is 2.20. The lowest BCUT2D eigenvalue weighted by Crippen LogP contribution is -2.31. The fourth-order valence-corrected chi connectivity index (χ4v) is 2.08. The second-order valence-corrected chi connectivity index (χ2v) is 3.73. The van der Waals surface area contributed by atoms with E-state index in [2.05, 4.69) is 9.97 Å². The molecule has 0 radical (unpaired) electrons. The molecular weight excluding hydrogens is 162 g/mol. The van der Waals surface area contributed by atoms with Crippen LogP contribution in [0.4, 0.5) is 0 Å². The molecule has 2 rings (SSSR count). The van der Waals surface area contributed by atoms with Crippen molar-refractivity contribution < 1.29 is 0 Å². The molecule has 1 aliphatic carbocycles. The summed E-state index contributed by atoms with van der Waals surface area (Å²) >= 11 is 0. The van der Waals surface area contributed by atoms with Gasteiger partial charge in [-0.25, -0.2) is 9.97 Å². The van der Waals surface area contributed by atoms with E-state index in [-0.39, 0.29) is 0 Å². The first kappa shape index (κ1) is 8.63. The van der Waals surface area contributed by atoms with Crippen LogP contribution in [0.3, 0.4) is 0 Å². The van der Waals surface area contributed by atoms with Gasteiger partial charge >= 0.3 is 0 Å². The molecule has 70 valence electrons. The third kappa shape index (κ3) is 1.86. The summed E-state index contributed by atoms with van der Waals surface area (Å²) in [7, 11) is 0. The predicted molar refractivity (Wildman–Crippen MR) is 51.2 cm³/mol. The Morgan fingerprint density at radius 3 is 2.54 bits per heavy atom. The largest absolute Gasteiger partial charge is 0.327 e. The average molecular weight is 177 g/mol. The Morgan fingerprint density at radius 1 is 1.15 bits per heavy atom. The van der Waals surface area contributed by atoms with Gasteiger partial charge in [-0.15, -0.1) is 0 Å². The molecule has 0 bridgehead atoms. The molecule has 1 fully saturated rings. The molecule has 0 saturated heterocycles. The molecule has 0 aliphatic heterocycles. The van der Waals surface area contributed by atoms with Crippen LogP contribution in [0.2, 0.25) is 0 Å². The van der Waals surface area contributed by atoms with Crippen molar-refractivity contribution in [3.05, 3.63) is 24.3 Å². The summed E-state index contributed by atoms with van der Waals surface area (Å²) in [5.41, 5.74) is 7.26. The Labute approximate surface area is 78.4 Å². The van der Waals surface area contributed by atoms with E-state index < -0.39 is 0 Å². The summed E-state index contributed by atoms with van der Waals surface area (Å²) in [6, 6.07) is 0.305. The first-order valence-electron chi connectivity index (χ1n) is 4.88. The highest BCUT2D eigenvalue weighted by Crippen LogP contribution is 2.30. The molecule has 2 unspecified atom stereocenters. The minimum absolute atomic E-state index is 0.305. The number of hydrogen-bond acceptors (Lipinski definition) is 3. The Morgan fingerprint density at radius 2 is 1.85 bits per heavy atom. The number of rotatable bonds is 1. The van der Waals surface area contributed by atoms with E-state index in [4.69, 9.17) is 5.73 Å². The van der Waals surface area contributed by atoms with Crippen molar-refractivity contribution in [1.29, 1.82) is 0 Å². The maximum atomic E-state index is 6.06. The smallest absolute Gasteiger partial charge is 0.115 e. The maximum Gasteiger partial charge on any atom is 0.115 e. The first-order chi connectivity index (χ1) is 6.38. The number of hydrogen-bond donors (Lipinski definition) is 1. The van der Waals surface area contributed by atoms with Crippen LogP contribution in [0.5, 0.6) is 0 Å². The molecule has 1 aromatic heterocycles. The highest BCUT2D eigenvalue weighted by molar-refractivity contribution is 5.13. The van der Waals surface area contributed by atoms with Crippen molar-refractivity contribution in [2.24, 2.45) is 5.73 Å². The van der Waals surface area contributed by atoms with Crippen LogP contribution in [0.25, 0.3) is 0 Å². The topological polar surface area (TPSA) is 51.8 Å². The Balaban J connectivity index is 2.15. The lowest BCUT2D eigenvalue weighted by atomic mass is 9.81. The lowest BCUT2D eigenvalue weighted by Gasteiger charge is -2.28. The fraction of sp³-hybridized carbons (Fsp3) is 0.600. The van der Waals surface area contributed by atoms with Crippen molar-refractivity contribution >= 4 is 0 Å². The summed E-state index contributed by atoms with van der Waals surface area (Å²) < 4.78 is 0. The van der Waals surface area contributed by atoms with E-state index in [0.29, 0.717) is 12.0 Å². The van der Waals surface area contributed by atoms with Crippen LogP contribution >= 0.6 is 0 Å². The summed E-state index contributed by atoms with van der Waals surface area (Å²) in [4.78, 5) is 8.06. The van der Waals surface area contributed by atoms with Crippen LogP contribution in [0.15, 0.2) is 18.7 Å². The zero-order chi connectivity index (χ0) is 9.10. The highest BCUT2D eigenvalue weighted by Gasteiger charge is 2.23. The van der Waals surface area contributed by atoms with Gasteiger partial charge in [-0.2, -0.15) is 0 Å². The lowest BCUT2D eigenvalue weighted by molar-refractivity contribution is 0.384. The van der Waals surface area contributed by atoms with Gasteiger partial charge in [0.15, 0.2) is 0 Å². The molecule has 0 amide bonds. The number of aromatic nitrogens is 2. The van der Waals surface area contributed by atoms with Crippen LogP contribution in [0, 0.1) is 0 Å². The molecule has 3 heteroatoms. The van der Waals surface area contributed by atoms with Crippen molar-refractivity contribution in [2.75, 3.05) is 0 Å². The van der Waals surface area contributed by atoms with E-state index in [1.807, 2.05) is 12.4 Å². The van der Waals surface area contributed by atoms with Crippen molar-refractivity contribution in [2.45, 2.75) is 37.6 Å². The van der Waals surface area contributed by atoms with Gasteiger partial charge in [0.2, 0.25) is 0 Å². The van der Waals surface area contributed by atoms with Gasteiger partial charge in [-0.1, -0.05) is 12.8 Å². The van der Waals surface area contributed by atoms with Gasteiger partial charge in [0.1, 0.15) is 6.33 Å². The Kier molecular flexibility index (Phi) is 2.54. The molecule has 1 aromatic rings. The molecule has 0 aromatic carbocycles. The maximum absolute atomic E-state index is 6.06. The van der Waals surface area contributed by atoms with E-state index in [1.165, 1.54) is 24.8 Å². The zero-order valence-electron chi connectivity index (χ0n) is 7.69. The number of nitrogens with two attached hydrogens (primary N) is 1. The van der Waals surface area contributed by atoms with E-state index >= 15 is 0 Å². The standard InChI is InChI=1S/C10H15N3/c11-10-4-2-1-3-9(10)8-5-12-7-13-6-8/h5-7,9-10H,1-4,11H2. The third-order valence-electron chi connectivity index (χ3n) is 2.83. The molecular formula is C10H15N3. The molecule has 2 atom stereocenters. The SMILES string of the molecule is NC1CCCCC1c1cncnc1. The van der Waals surface area contributed by atoms with Gasteiger partial charge in [-0.3, -0.25) is 0 Å². The van der Waals surface area contributed by atoms with Crippen LogP contribution in [-0.2, 0) is 0 Å². The monoisotopic (exact) mass is 177 g/mol. The van der Waals surface area contributed by atoms with E-state index in [0.717, 1.165) is 6.42 Å². The third-order valence-corrected chi connectivity index (χ3v) is 2.83. The second-order valence-electron chi connectivity index (χ2n) is 3.73. The predicted octanol–water partition coefficient (Wildman–Crippen LogP) is 1.46. The fourth-order valence-electron chi connectivity index (χ4n) is 2.08. The molecule has 1 aliphatic rings. The minimum atomic E-state index is 0.305. The molecule has 13 heavy (non-hydrogen) atoms. The summed E-state index contributed by atoms with van der Waals surface area (Å²) in [6.45, 7) is 0. The highest BCUT2D eigenvalue weighted by atomic mass is 14.8.